The van der Waals surface area contributed by atoms with Gasteiger partial charge < -0.3 is 24.8 Å². The van der Waals surface area contributed by atoms with Gasteiger partial charge in [-0.1, -0.05) is 0 Å². The average Bonchev–Trinajstić information content (AvgIpc) is 2.04. The molecule has 0 aliphatic carbocycles. The van der Waals surface area contributed by atoms with Crippen molar-refractivity contribution in [3.8, 4) is 0 Å². The van der Waals surface area contributed by atoms with Gasteiger partial charge in [0, 0.05) is 7.11 Å². The Hall–Kier alpha value is -1.34. The van der Waals surface area contributed by atoms with E-state index in [1.54, 1.807) is 0 Å². The second kappa shape index (κ2) is 5.33. The second-order valence-corrected chi connectivity index (χ2v) is 2.10. The smallest absolute Gasteiger partial charge is 0.478 e. The minimum atomic E-state index is -1.73. The van der Waals surface area contributed by atoms with Gasteiger partial charge in [0.05, 0.1) is 6.61 Å². The Morgan fingerprint density at radius 2 is 1.92 bits per heavy atom. The fraction of sp³-hybridized carbons (Fsp3) is 0.667. The van der Waals surface area contributed by atoms with E-state index < -0.39 is 30.9 Å². The van der Waals surface area contributed by atoms with E-state index in [2.05, 4.69) is 9.47 Å². The molecule has 0 saturated carbocycles. The van der Waals surface area contributed by atoms with E-state index in [0.29, 0.717) is 0 Å². The minimum Gasteiger partial charge on any atom is -0.478 e. The largest absolute Gasteiger partial charge is 0.506 e. The summed E-state index contributed by atoms with van der Waals surface area (Å²) in [6.07, 6.45) is -4.65. The maximum Gasteiger partial charge on any atom is 0.506 e. The fourth-order valence-electron chi connectivity index (χ4n) is 0.688. The van der Waals surface area contributed by atoms with Crippen LogP contribution in [0.4, 0.5) is 4.79 Å². The van der Waals surface area contributed by atoms with Crippen LogP contribution in [-0.2, 0) is 14.3 Å². The molecule has 0 aliphatic heterocycles. The highest BCUT2D eigenvalue weighted by Crippen LogP contribution is 2.03. The van der Waals surface area contributed by atoms with Gasteiger partial charge in [0.1, 0.15) is 6.10 Å². The predicted molar refractivity (Wildman–Crippen MR) is 38.4 cm³/mol. The zero-order valence-corrected chi connectivity index (χ0v) is 6.84. The van der Waals surface area contributed by atoms with Gasteiger partial charge in [0.25, 0.3) is 0 Å². The van der Waals surface area contributed by atoms with Crippen LogP contribution in [0.1, 0.15) is 0 Å². The van der Waals surface area contributed by atoms with Gasteiger partial charge in [0.15, 0.2) is 0 Å². The molecule has 0 spiro atoms. The highest BCUT2D eigenvalue weighted by Gasteiger charge is 2.31. The van der Waals surface area contributed by atoms with Crippen molar-refractivity contribution in [1.82, 2.24) is 0 Å². The number of aliphatic hydroxyl groups is 1. The third-order valence-corrected chi connectivity index (χ3v) is 1.29. The summed E-state index contributed by atoms with van der Waals surface area (Å²) in [7, 11) is 1.14. The first-order chi connectivity index (χ1) is 6.02. The Labute approximate surface area is 73.5 Å². The monoisotopic (exact) mass is 194 g/mol. The SMILES string of the molecule is CO[C@H](CO)[C@@H](OC(=O)O)C(=O)O. The Morgan fingerprint density at radius 3 is 2.15 bits per heavy atom. The molecule has 3 N–H and O–H groups in total. The van der Waals surface area contributed by atoms with Gasteiger partial charge >= 0.3 is 12.1 Å². The zero-order valence-electron chi connectivity index (χ0n) is 6.84. The molecule has 0 bridgehead atoms. The van der Waals surface area contributed by atoms with Crippen molar-refractivity contribution in [2.75, 3.05) is 13.7 Å². The van der Waals surface area contributed by atoms with Crippen molar-refractivity contribution in [3.63, 3.8) is 0 Å². The van der Waals surface area contributed by atoms with E-state index in [0.717, 1.165) is 7.11 Å². The van der Waals surface area contributed by atoms with Crippen LogP contribution in [0.25, 0.3) is 0 Å². The lowest BCUT2D eigenvalue weighted by molar-refractivity contribution is -0.158. The zero-order chi connectivity index (χ0) is 10.4. The molecule has 0 fully saturated rings. The summed E-state index contributed by atoms with van der Waals surface area (Å²) in [5.74, 6) is -1.51. The van der Waals surface area contributed by atoms with Crippen molar-refractivity contribution in [2.24, 2.45) is 0 Å². The summed E-state index contributed by atoms with van der Waals surface area (Å²) in [4.78, 5) is 20.4. The van der Waals surface area contributed by atoms with Crippen LogP contribution in [0.3, 0.4) is 0 Å². The number of methoxy groups -OCH3 is 1. The van der Waals surface area contributed by atoms with Gasteiger partial charge in [-0.25, -0.2) is 9.59 Å². The van der Waals surface area contributed by atoms with Gasteiger partial charge in [-0.05, 0) is 0 Å². The summed E-state index contributed by atoms with van der Waals surface area (Å²) in [5.41, 5.74) is 0. The molecule has 0 saturated heterocycles. The van der Waals surface area contributed by atoms with E-state index >= 15 is 0 Å². The van der Waals surface area contributed by atoms with Crippen LogP contribution in [0, 0.1) is 0 Å². The molecule has 0 radical (unpaired) electrons. The summed E-state index contributed by atoms with van der Waals surface area (Å²) >= 11 is 0. The van der Waals surface area contributed by atoms with Crippen LogP contribution in [-0.4, -0.2) is 53.4 Å². The molecule has 76 valence electrons. The lowest BCUT2D eigenvalue weighted by Crippen LogP contribution is -2.41. The number of carbonyl (C=O) groups is 2. The van der Waals surface area contributed by atoms with Gasteiger partial charge in [0.2, 0.25) is 6.10 Å². The topological polar surface area (TPSA) is 113 Å². The Bertz CT molecular complexity index is 185. The van der Waals surface area contributed by atoms with Crippen molar-refractivity contribution in [2.45, 2.75) is 12.2 Å². The summed E-state index contributed by atoms with van der Waals surface area (Å²) in [5, 5.41) is 25.2. The molecule has 7 nitrogen and oxygen atoms in total. The molecule has 7 heteroatoms. The van der Waals surface area contributed by atoms with Crippen LogP contribution in [0.15, 0.2) is 0 Å². The molecule has 0 aromatic heterocycles. The average molecular weight is 194 g/mol. The van der Waals surface area contributed by atoms with Gasteiger partial charge in [-0.3, -0.25) is 0 Å². The summed E-state index contributed by atoms with van der Waals surface area (Å²) in [6.45, 7) is -0.638. The van der Waals surface area contributed by atoms with E-state index in [-0.39, 0.29) is 0 Å². The van der Waals surface area contributed by atoms with Crippen molar-refractivity contribution >= 4 is 12.1 Å². The highest BCUT2D eigenvalue weighted by molar-refractivity contribution is 5.75. The second-order valence-electron chi connectivity index (χ2n) is 2.10. The van der Waals surface area contributed by atoms with E-state index in [1.807, 2.05) is 0 Å². The predicted octanol–water partition coefficient (Wildman–Crippen LogP) is -0.859. The first kappa shape index (κ1) is 11.7. The molecular weight excluding hydrogens is 184 g/mol. The quantitative estimate of drug-likeness (QED) is 0.488. The molecule has 0 amide bonds. The van der Waals surface area contributed by atoms with Crippen molar-refractivity contribution in [3.05, 3.63) is 0 Å². The van der Waals surface area contributed by atoms with Crippen LogP contribution < -0.4 is 0 Å². The van der Waals surface area contributed by atoms with Crippen LogP contribution in [0.5, 0.6) is 0 Å². The van der Waals surface area contributed by atoms with E-state index in [9.17, 15) is 9.59 Å². The van der Waals surface area contributed by atoms with Crippen LogP contribution in [0.2, 0.25) is 0 Å². The van der Waals surface area contributed by atoms with Gasteiger partial charge in [-0.15, -0.1) is 0 Å². The number of hydrogen-bond acceptors (Lipinski definition) is 5. The van der Waals surface area contributed by atoms with E-state index in [1.165, 1.54) is 0 Å². The lowest BCUT2D eigenvalue weighted by Gasteiger charge is -2.18. The van der Waals surface area contributed by atoms with Crippen LogP contribution >= 0.6 is 0 Å². The maximum atomic E-state index is 10.4. The minimum absolute atomic E-state index is 0.638. The first-order valence-corrected chi connectivity index (χ1v) is 3.29. The molecule has 13 heavy (non-hydrogen) atoms. The fourth-order valence-corrected chi connectivity index (χ4v) is 0.688. The molecule has 0 heterocycles. The molecule has 0 aromatic carbocycles. The van der Waals surface area contributed by atoms with Crippen molar-refractivity contribution < 1.29 is 34.4 Å². The number of carboxylic acids is 1. The van der Waals surface area contributed by atoms with Crippen molar-refractivity contribution in [1.29, 1.82) is 0 Å². The first-order valence-electron chi connectivity index (χ1n) is 3.29. The maximum absolute atomic E-state index is 10.4. The molecule has 0 rings (SSSR count). The summed E-state index contributed by atoms with van der Waals surface area (Å²) in [6, 6.07) is 0. The number of ether oxygens (including phenoxy) is 2. The highest BCUT2D eigenvalue weighted by atomic mass is 16.7. The third-order valence-electron chi connectivity index (χ3n) is 1.29. The number of hydrogen-bond donors (Lipinski definition) is 3. The normalized spacial score (nSPS) is 14.6. The number of aliphatic hydroxyl groups excluding tert-OH is 1. The molecule has 0 unspecified atom stereocenters. The number of aliphatic carboxylic acids is 1. The lowest BCUT2D eigenvalue weighted by atomic mass is 10.2. The molecule has 0 aliphatic rings. The molecule has 0 aromatic rings. The Kier molecular flexibility index (Phi) is 4.78. The molecular formula is C6H10O7. The number of rotatable bonds is 5. The van der Waals surface area contributed by atoms with Gasteiger partial charge in [-0.2, -0.15) is 0 Å². The van der Waals surface area contributed by atoms with E-state index in [4.69, 9.17) is 15.3 Å². The third kappa shape index (κ3) is 3.72. The Balaban J connectivity index is 4.38. The standard InChI is InChI=1S/C6H10O7/c1-12-3(2-7)4(5(8)9)13-6(10)11/h3-4,7H,2H2,1H3,(H,8,9)(H,10,11)/t3-,4-/m1/s1. The number of carboxylic acid groups (broad SMARTS) is 2. The Morgan fingerprint density at radius 1 is 1.38 bits per heavy atom. The molecule has 2 atom stereocenters. The summed E-state index contributed by atoms with van der Waals surface area (Å²) < 4.78 is 8.49.